The Morgan fingerprint density at radius 2 is 1.18 bits per heavy atom. The summed E-state index contributed by atoms with van der Waals surface area (Å²) in [6.07, 6.45) is 11.7. The van der Waals surface area contributed by atoms with E-state index in [1.165, 1.54) is 11.1 Å². The summed E-state index contributed by atoms with van der Waals surface area (Å²) in [6, 6.07) is 12.6. The summed E-state index contributed by atoms with van der Waals surface area (Å²) in [6.45, 7) is 27.6. The molecule has 2 aromatic rings. The van der Waals surface area contributed by atoms with Crippen molar-refractivity contribution in [1.29, 1.82) is 0 Å². The number of Topliss-reactive ketones (excluding diaryl/α,β-unsaturated/α-hetero) is 1. The summed E-state index contributed by atoms with van der Waals surface area (Å²) in [5.74, 6) is 7.61. The van der Waals surface area contributed by atoms with E-state index in [1.54, 1.807) is 28.3 Å². The predicted octanol–water partition coefficient (Wildman–Crippen LogP) is 13.3. The van der Waals surface area contributed by atoms with Crippen LogP contribution >= 0.6 is 0 Å². The molecule has 0 radical (unpaired) electrons. The van der Waals surface area contributed by atoms with E-state index in [0.717, 1.165) is 107 Å². The summed E-state index contributed by atoms with van der Waals surface area (Å²) in [5, 5.41) is 0. The number of hydrogen-bond donors (Lipinski definition) is 0. The van der Waals surface area contributed by atoms with E-state index in [4.69, 9.17) is 33.2 Å². The maximum absolute atomic E-state index is 12.9. The van der Waals surface area contributed by atoms with Crippen LogP contribution in [-0.4, -0.2) is 72.2 Å². The lowest BCUT2D eigenvalue weighted by Crippen LogP contribution is -2.24. The van der Waals surface area contributed by atoms with Gasteiger partial charge in [0.25, 0.3) is 0 Å². The monoisotopic (exact) mass is 923 g/mol. The second kappa shape index (κ2) is 30.2. The fraction of sp³-hybridized carbons (Fsp3) is 0.754. The Balaban J connectivity index is 1.38. The minimum absolute atomic E-state index is 0.00533. The zero-order chi connectivity index (χ0) is 48.8. The summed E-state index contributed by atoms with van der Waals surface area (Å²) >= 11 is 0. The molecule has 1 heterocycles. The summed E-state index contributed by atoms with van der Waals surface area (Å²) in [7, 11) is 5.09. The lowest BCUT2D eigenvalue weighted by atomic mass is 9.78. The number of carbonyl (C=O) groups is 2. The van der Waals surface area contributed by atoms with E-state index in [2.05, 4.69) is 93.5 Å². The highest BCUT2D eigenvalue weighted by molar-refractivity contribution is 5.78. The highest BCUT2D eigenvalue weighted by atomic mass is 16.6. The van der Waals surface area contributed by atoms with Gasteiger partial charge in [0.1, 0.15) is 11.9 Å². The standard InChI is InChI=1S/C57H94O9/c1-38(2)48(33-46-20-23-52(61-13)55(35-46)64-28-15-26-60-12)31-42(8)18-22-50(45(11)58)43(9)19-17-41(7)25-30-63-27-16-29-65-56-36-47(21-24-53(56)62-14)34-49(39(3)4)32-44(10)54-37-51(40(5)6)57(59)66-54/h20-21,23-24,35-36,38-44,48-51,54H,15-19,22,25-34,37H2,1-14H3. The first-order valence-electron chi connectivity index (χ1n) is 25.8. The van der Waals surface area contributed by atoms with Gasteiger partial charge in [-0.1, -0.05) is 94.2 Å². The molecule has 9 heteroatoms. The maximum Gasteiger partial charge on any atom is 0.309 e. The molecule has 0 amide bonds. The molecule has 0 aliphatic carbocycles. The molecule has 1 aliphatic heterocycles. The van der Waals surface area contributed by atoms with Gasteiger partial charge >= 0.3 is 5.97 Å². The first kappa shape index (κ1) is 57.0. The predicted molar refractivity (Wildman–Crippen MR) is 269 cm³/mol. The van der Waals surface area contributed by atoms with Gasteiger partial charge in [-0.2, -0.15) is 0 Å². The molecule has 9 atom stereocenters. The highest BCUT2D eigenvalue weighted by Gasteiger charge is 2.39. The molecule has 0 saturated carbocycles. The molecule has 2 aromatic carbocycles. The summed E-state index contributed by atoms with van der Waals surface area (Å²) < 4.78 is 40.7. The average Bonchev–Trinajstić information content (AvgIpc) is 3.68. The van der Waals surface area contributed by atoms with Crippen LogP contribution in [0.3, 0.4) is 0 Å². The van der Waals surface area contributed by atoms with Crippen LogP contribution in [-0.2, 0) is 36.6 Å². The average molecular weight is 923 g/mol. The van der Waals surface area contributed by atoms with Crippen LogP contribution in [0.15, 0.2) is 36.4 Å². The minimum atomic E-state index is -0.0259. The molecular weight excluding hydrogens is 829 g/mol. The normalized spacial score (nSPS) is 18.5. The number of hydrogen-bond acceptors (Lipinski definition) is 9. The lowest BCUT2D eigenvalue weighted by molar-refractivity contribution is -0.146. The number of carbonyl (C=O) groups excluding carboxylic acids is 2. The van der Waals surface area contributed by atoms with Crippen molar-refractivity contribution < 1.29 is 42.7 Å². The van der Waals surface area contributed by atoms with Crippen molar-refractivity contribution in [3.05, 3.63) is 47.5 Å². The number of ether oxygens (including phenoxy) is 7. The fourth-order valence-electron chi connectivity index (χ4n) is 9.86. The Hall–Kier alpha value is -3.30. The van der Waals surface area contributed by atoms with Crippen molar-refractivity contribution >= 4 is 11.8 Å². The first-order chi connectivity index (χ1) is 31.5. The van der Waals surface area contributed by atoms with Crippen LogP contribution in [0.25, 0.3) is 0 Å². The zero-order valence-corrected chi connectivity index (χ0v) is 44.1. The second-order valence-electron chi connectivity index (χ2n) is 21.3. The van der Waals surface area contributed by atoms with E-state index in [1.807, 2.05) is 12.1 Å². The van der Waals surface area contributed by atoms with Crippen LogP contribution in [0.1, 0.15) is 151 Å². The molecule has 1 aliphatic rings. The highest BCUT2D eigenvalue weighted by Crippen LogP contribution is 2.38. The van der Waals surface area contributed by atoms with E-state index >= 15 is 0 Å². The molecular formula is C57H94O9. The first-order valence-corrected chi connectivity index (χ1v) is 25.8. The Kier molecular flexibility index (Phi) is 26.1. The van der Waals surface area contributed by atoms with Gasteiger partial charge in [0.15, 0.2) is 23.0 Å². The van der Waals surface area contributed by atoms with E-state index < -0.39 is 0 Å². The van der Waals surface area contributed by atoms with E-state index in [0.29, 0.717) is 85.5 Å². The van der Waals surface area contributed by atoms with E-state index in [9.17, 15) is 9.59 Å². The van der Waals surface area contributed by atoms with Crippen LogP contribution in [0, 0.1) is 65.1 Å². The van der Waals surface area contributed by atoms with Crippen LogP contribution in [0.5, 0.6) is 23.0 Å². The number of cyclic esters (lactones) is 1. The van der Waals surface area contributed by atoms with Crippen molar-refractivity contribution in [2.45, 2.75) is 159 Å². The largest absolute Gasteiger partial charge is 0.493 e. The van der Waals surface area contributed by atoms with E-state index in [-0.39, 0.29) is 23.9 Å². The Labute approximate surface area is 402 Å². The Morgan fingerprint density at radius 3 is 1.68 bits per heavy atom. The third-order valence-electron chi connectivity index (χ3n) is 14.7. The van der Waals surface area contributed by atoms with Crippen molar-refractivity contribution in [2.24, 2.45) is 65.1 Å². The lowest BCUT2D eigenvalue weighted by Gasteiger charge is -2.27. The van der Waals surface area contributed by atoms with Crippen molar-refractivity contribution in [3.8, 4) is 23.0 Å². The Bertz CT molecular complexity index is 1670. The van der Waals surface area contributed by atoms with Crippen LogP contribution < -0.4 is 18.9 Å². The van der Waals surface area contributed by atoms with Gasteiger partial charge in [-0.3, -0.25) is 9.59 Å². The molecule has 0 N–H and O–H groups in total. The molecule has 0 bridgehead atoms. The van der Waals surface area contributed by atoms with Crippen molar-refractivity contribution in [2.75, 3.05) is 54.4 Å². The second-order valence-corrected chi connectivity index (χ2v) is 21.3. The number of methoxy groups -OCH3 is 3. The van der Waals surface area contributed by atoms with Gasteiger partial charge in [0.2, 0.25) is 0 Å². The molecule has 3 rings (SSSR count). The fourth-order valence-corrected chi connectivity index (χ4v) is 9.86. The van der Waals surface area contributed by atoms with Crippen molar-refractivity contribution in [1.82, 2.24) is 0 Å². The molecule has 9 nitrogen and oxygen atoms in total. The Morgan fingerprint density at radius 1 is 0.636 bits per heavy atom. The molecule has 0 spiro atoms. The SMILES string of the molecule is COCCCOc1cc(CC(CC(C)CCC(C(C)=O)C(C)CCC(C)CCOCCCOc2cc(CC(CC(C)C3CC(C(C)C)C(=O)O3)C(C)C)ccc2OC)C(C)C)ccc1OC. The third kappa shape index (κ3) is 19.7. The number of benzene rings is 2. The molecule has 1 fully saturated rings. The molecule has 376 valence electrons. The van der Waals surface area contributed by atoms with Gasteiger partial charge in [0, 0.05) is 45.7 Å². The quantitative estimate of drug-likeness (QED) is 0.0494. The smallest absolute Gasteiger partial charge is 0.309 e. The van der Waals surface area contributed by atoms with Gasteiger partial charge in [-0.05, 0) is 147 Å². The van der Waals surface area contributed by atoms with Crippen molar-refractivity contribution in [3.63, 3.8) is 0 Å². The number of rotatable bonds is 35. The summed E-state index contributed by atoms with van der Waals surface area (Å²) in [5.41, 5.74) is 2.51. The molecule has 1 saturated heterocycles. The maximum atomic E-state index is 12.9. The minimum Gasteiger partial charge on any atom is -0.493 e. The van der Waals surface area contributed by atoms with Gasteiger partial charge in [0.05, 0.1) is 33.4 Å². The zero-order valence-electron chi connectivity index (χ0n) is 44.1. The van der Waals surface area contributed by atoms with Gasteiger partial charge in [-0.25, -0.2) is 0 Å². The number of esters is 1. The third-order valence-corrected chi connectivity index (χ3v) is 14.7. The summed E-state index contributed by atoms with van der Waals surface area (Å²) in [4.78, 5) is 25.4. The molecule has 9 unspecified atom stereocenters. The van der Waals surface area contributed by atoms with Gasteiger partial charge in [-0.15, -0.1) is 0 Å². The topological polar surface area (TPSA) is 98.8 Å². The molecule has 66 heavy (non-hydrogen) atoms. The van der Waals surface area contributed by atoms with Crippen LogP contribution in [0.2, 0.25) is 0 Å². The van der Waals surface area contributed by atoms with Crippen LogP contribution in [0.4, 0.5) is 0 Å². The molecule has 0 aromatic heterocycles. The van der Waals surface area contributed by atoms with Gasteiger partial charge < -0.3 is 33.2 Å². The number of ketones is 1.